The molecule has 164 valence electrons. The van der Waals surface area contributed by atoms with Crippen LogP contribution in [0.1, 0.15) is 50.5 Å². The van der Waals surface area contributed by atoms with E-state index in [0.29, 0.717) is 6.61 Å². The summed E-state index contributed by atoms with van der Waals surface area (Å²) in [6, 6.07) is 8.35. The maximum atomic E-state index is 9.43. The van der Waals surface area contributed by atoms with Crippen molar-refractivity contribution < 1.29 is 9.84 Å². The summed E-state index contributed by atoms with van der Waals surface area (Å²) in [7, 11) is 1.81. The molecule has 1 aliphatic heterocycles. The summed E-state index contributed by atoms with van der Waals surface area (Å²) in [5.41, 5.74) is 1.49. The van der Waals surface area contributed by atoms with Gasteiger partial charge in [0.1, 0.15) is 0 Å². The molecular formula is C22H35ClIN3O2. The zero-order chi connectivity index (χ0) is 19.9. The van der Waals surface area contributed by atoms with Gasteiger partial charge in [-0.1, -0.05) is 43.0 Å². The Labute approximate surface area is 197 Å². The van der Waals surface area contributed by atoms with Crippen LogP contribution in [-0.2, 0) is 10.2 Å². The Kier molecular flexibility index (Phi) is 9.98. The van der Waals surface area contributed by atoms with Gasteiger partial charge >= 0.3 is 0 Å². The summed E-state index contributed by atoms with van der Waals surface area (Å²) in [5.74, 6) is 0.822. The second-order valence-electron chi connectivity index (χ2n) is 8.40. The molecule has 0 bridgehead atoms. The Balaban J connectivity index is 0.00000300. The van der Waals surface area contributed by atoms with Gasteiger partial charge in [-0.15, -0.1) is 24.0 Å². The standard InChI is InChI=1S/C22H34ClN3O2.HI/c1-24-20(25-15-21(11-13-27)12-14-28-17-21)26-16-22(9-3-2-4-10-22)18-5-7-19(23)8-6-18;/h5-8,27H,2-4,9-17H2,1H3,(H2,24,25,26);1H. The largest absolute Gasteiger partial charge is 0.396 e. The van der Waals surface area contributed by atoms with Crippen molar-refractivity contribution in [2.75, 3.05) is 40.0 Å². The van der Waals surface area contributed by atoms with Crippen LogP contribution in [0.4, 0.5) is 0 Å². The second-order valence-corrected chi connectivity index (χ2v) is 8.84. The van der Waals surface area contributed by atoms with E-state index in [1.807, 2.05) is 19.2 Å². The first-order valence-corrected chi connectivity index (χ1v) is 10.9. The van der Waals surface area contributed by atoms with Crippen molar-refractivity contribution in [2.24, 2.45) is 10.4 Å². The van der Waals surface area contributed by atoms with Crippen molar-refractivity contribution in [1.29, 1.82) is 0 Å². The van der Waals surface area contributed by atoms with Crippen LogP contribution in [0.5, 0.6) is 0 Å². The lowest BCUT2D eigenvalue weighted by atomic mass is 9.69. The zero-order valence-corrected chi connectivity index (χ0v) is 20.5. The monoisotopic (exact) mass is 535 g/mol. The van der Waals surface area contributed by atoms with Crippen LogP contribution >= 0.6 is 35.6 Å². The van der Waals surface area contributed by atoms with Crippen molar-refractivity contribution in [2.45, 2.75) is 50.4 Å². The third-order valence-electron chi connectivity index (χ3n) is 6.54. The Morgan fingerprint density at radius 1 is 1.10 bits per heavy atom. The average Bonchev–Trinajstić information content (AvgIpc) is 3.18. The van der Waals surface area contributed by atoms with Crippen LogP contribution < -0.4 is 10.6 Å². The minimum absolute atomic E-state index is 0. The number of aliphatic hydroxyl groups is 1. The molecule has 0 spiro atoms. The van der Waals surface area contributed by atoms with Gasteiger partial charge in [0.25, 0.3) is 0 Å². The number of aliphatic hydroxyl groups excluding tert-OH is 1. The summed E-state index contributed by atoms with van der Waals surface area (Å²) in [4.78, 5) is 4.43. The number of aliphatic imine (C=N–C) groups is 1. The highest BCUT2D eigenvalue weighted by molar-refractivity contribution is 14.0. The van der Waals surface area contributed by atoms with Crippen molar-refractivity contribution >= 4 is 41.5 Å². The topological polar surface area (TPSA) is 65.9 Å². The fourth-order valence-electron chi connectivity index (χ4n) is 4.66. The number of nitrogens with zero attached hydrogens (tertiary/aromatic N) is 1. The quantitative estimate of drug-likeness (QED) is 0.279. The molecule has 3 N–H and O–H groups in total. The first-order chi connectivity index (χ1) is 13.6. The van der Waals surface area contributed by atoms with Crippen molar-refractivity contribution in [3.63, 3.8) is 0 Å². The minimum Gasteiger partial charge on any atom is -0.396 e. The molecular weight excluding hydrogens is 501 g/mol. The summed E-state index contributed by atoms with van der Waals surface area (Å²) in [5, 5.41) is 17.3. The van der Waals surface area contributed by atoms with Gasteiger partial charge in [-0.3, -0.25) is 4.99 Å². The smallest absolute Gasteiger partial charge is 0.191 e. The number of guanidine groups is 1. The van der Waals surface area contributed by atoms with Gasteiger partial charge in [-0.2, -0.15) is 0 Å². The highest BCUT2D eigenvalue weighted by atomic mass is 127. The highest BCUT2D eigenvalue weighted by Gasteiger charge is 2.36. The molecule has 5 nitrogen and oxygen atoms in total. The Hall–Kier alpha value is -0.570. The van der Waals surface area contributed by atoms with E-state index in [4.69, 9.17) is 16.3 Å². The number of benzene rings is 1. The van der Waals surface area contributed by atoms with E-state index in [-0.39, 0.29) is 41.4 Å². The summed E-state index contributed by atoms with van der Waals surface area (Å²) >= 11 is 6.12. The molecule has 29 heavy (non-hydrogen) atoms. The third-order valence-corrected chi connectivity index (χ3v) is 6.80. The first kappa shape index (κ1) is 24.7. The molecule has 0 radical (unpaired) electrons. The normalized spacial score (nSPS) is 24.0. The molecule has 7 heteroatoms. The van der Waals surface area contributed by atoms with E-state index in [2.05, 4.69) is 27.8 Å². The molecule has 2 aliphatic rings. The summed E-state index contributed by atoms with van der Waals surface area (Å²) < 4.78 is 5.60. The lowest BCUT2D eigenvalue weighted by molar-refractivity contribution is 0.127. The molecule has 0 amide bonds. The van der Waals surface area contributed by atoms with Crippen LogP contribution in [0.25, 0.3) is 0 Å². The third kappa shape index (κ3) is 6.45. The van der Waals surface area contributed by atoms with E-state index >= 15 is 0 Å². The van der Waals surface area contributed by atoms with Gasteiger partial charge in [0, 0.05) is 49.2 Å². The number of rotatable bonds is 7. The number of halogens is 2. The van der Waals surface area contributed by atoms with E-state index in [9.17, 15) is 5.11 Å². The first-order valence-electron chi connectivity index (χ1n) is 10.5. The fraction of sp³-hybridized carbons (Fsp3) is 0.682. The summed E-state index contributed by atoms with van der Waals surface area (Å²) in [6.07, 6.45) is 7.92. The molecule has 1 aromatic rings. The zero-order valence-electron chi connectivity index (χ0n) is 17.4. The van der Waals surface area contributed by atoms with E-state index in [1.54, 1.807) is 0 Å². The molecule has 1 saturated heterocycles. The van der Waals surface area contributed by atoms with Gasteiger partial charge in [0.05, 0.1) is 6.61 Å². The molecule has 1 aromatic carbocycles. The maximum absolute atomic E-state index is 9.43. The molecule has 1 unspecified atom stereocenters. The fourth-order valence-corrected chi connectivity index (χ4v) is 4.78. The molecule has 3 rings (SSSR count). The molecule has 1 heterocycles. The number of ether oxygens (including phenoxy) is 1. The van der Waals surface area contributed by atoms with Gasteiger partial charge in [0.2, 0.25) is 0 Å². The molecule has 0 aromatic heterocycles. The Morgan fingerprint density at radius 2 is 1.79 bits per heavy atom. The SMILES string of the molecule is CN=C(NCC1(CCO)CCOC1)NCC1(c2ccc(Cl)cc2)CCCCC1.I. The minimum atomic E-state index is 0. The van der Waals surface area contributed by atoms with Gasteiger partial charge < -0.3 is 20.5 Å². The number of hydrogen-bond donors (Lipinski definition) is 3. The number of hydrogen-bond acceptors (Lipinski definition) is 3. The molecule has 1 atom stereocenters. The lowest BCUT2D eigenvalue weighted by Gasteiger charge is -2.38. The predicted octanol–water partition coefficient (Wildman–Crippen LogP) is 4.11. The van der Waals surface area contributed by atoms with E-state index in [0.717, 1.165) is 43.5 Å². The highest BCUT2D eigenvalue weighted by Crippen LogP contribution is 2.39. The van der Waals surface area contributed by atoms with Gasteiger partial charge in [-0.25, -0.2) is 0 Å². The lowest BCUT2D eigenvalue weighted by Crippen LogP contribution is -2.49. The van der Waals surface area contributed by atoms with E-state index in [1.165, 1.54) is 37.7 Å². The maximum Gasteiger partial charge on any atom is 0.191 e. The van der Waals surface area contributed by atoms with Crippen LogP contribution in [0, 0.1) is 5.41 Å². The van der Waals surface area contributed by atoms with Crippen LogP contribution in [0.15, 0.2) is 29.3 Å². The summed E-state index contributed by atoms with van der Waals surface area (Å²) in [6.45, 7) is 3.29. The van der Waals surface area contributed by atoms with Gasteiger partial charge in [-0.05, 0) is 43.4 Å². The predicted molar refractivity (Wildman–Crippen MR) is 131 cm³/mol. The molecule has 1 saturated carbocycles. The molecule has 2 fully saturated rings. The Morgan fingerprint density at radius 3 is 2.38 bits per heavy atom. The average molecular weight is 536 g/mol. The van der Waals surface area contributed by atoms with Crippen LogP contribution in [0.2, 0.25) is 5.02 Å². The number of nitrogens with one attached hydrogen (secondary N) is 2. The van der Waals surface area contributed by atoms with Crippen molar-refractivity contribution in [3.8, 4) is 0 Å². The van der Waals surface area contributed by atoms with Crippen molar-refractivity contribution in [1.82, 2.24) is 10.6 Å². The van der Waals surface area contributed by atoms with E-state index < -0.39 is 0 Å². The second kappa shape index (κ2) is 11.7. The van der Waals surface area contributed by atoms with Crippen LogP contribution in [0.3, 0.4) is 0 Å². The molecule has 1 aliphatic carbocycles. The Bertz CT molecular complexity index is 642. The van der Waals surface area contributed by atoms with Crippen LogP contribution in [-0.4, -0.2) is 51.0 Å². The van der Waals surface area contributed by atoms with Gasteiger partial charge in [0.15, 0.2) is 5.96 Å². The van der Waals surface area contributed by atoms with Crippen molar-refractivity contribution in [3.05, 3.63) is 34.9 Å².